The van der Waals surface area contributed by atoms with Gasteiger partial charge in [0, 0.05) is 32.8 Å². The van der Waals surface area contributed by atoms with Gasteiger partial charge in [-0.1, -0.05) is 0 Å². The van der Waals surface area contributed by atoms with Gasteiger partial charge in [0.05, 0.1) is 11.9 Å². The lowest BCUT2D eigenvalue weighted by Gasteiger charge is -2.33. The molecule has 1 fully saturated rings. The highest BCUT2D eigenvalue weighted by Crippen LogP contribution is 2.16. The van der Waals surface area contributed by atoms with Crippen LogP contribution < -0.4 is 10.6 Å². The molecule has 1 aliphatic heterocycles. The summed E-state index contributed by atoms with van der Waals surface area (Å²) in [6.07, 6.45) is 4.53. The number of rotatable bonds is 4. The Morgan fingerprint density at radius 2 is 2.20 bits per heavy atom. The van der Waals surface area contributed by atoms with Crippen LogP contribution in [0.3, 0.4) is 0 Å². The van der Waals surface area contributed by atoms with Gasteiger partial charge in [0.1, 0.15) is 6.54 Å². The molecule has 0 unspecified atom stereocenters. The number of carbonyl (C=O) groups is 2. The molecule has 0 bridgehead atoms. The monoisotopic (exact) mass is 301 g/mol. The lowest BCUT2D eigenvalue weighted by atomic mass is 10.2. The van der Waals surface area contributed by atoms with Crippen molar-refractivity contribution in [1.29, 1.82) is 0 Å². The topological polar surface area (TPSA) is 84.5 Å². The van der Waals surface area contributed by atoms with Crippen LogP contribution in [0.15, 0.2) is 12.4 Å². The number of nitrogens with zero attached hydrogens (tertiary/aromatic N) is 4. The molecule has 2 amide bonds. The zero-order valence-corrected chi connectivity index (χ0v) is 12.3. The molecule has 1 saturated heterocycles. The SMILES string of the molecule is Cl.Cn1cc(N2CCN(C(=O)CCCN)CC2=O)cn1. The number of aryl methyl sites for hydroxylation is 1. The van der Waals surface area contributed by atoms with Crippen LogP contribution in [0.25, 0.3) is 0 Å². The van der Waals surface area contributed by atoms with Crippen LogP contribution in [-0.4, -0.2) is 52.7 Å². The molecule has 112 valence electrons. The third-order valence-electron chi connectivity index (χ3n) is 3.17. The molecule has 8 heteroatoms. The van der Waals surface area contributed by atoms with Crippen molar-refractivity contribution in [2.45, 2.75) is 12.8 Å². The van der Waals surface area contributed by atoms with E-state index in [-0.39, 0.29) is 30.8 Å². The Labute approximate surface area is 124 Å². The molecule has 1 aromatic rings. The first-order valence-corrected chi connectivity index (χ1v) is 6.38. The molecule has 0 atom stereocenters. The van der Waals surface area contributed by atoms with Gasteiger partial charge >= 0.3 is 0 Å². The number of carbonyl (C=O) groups excluding carboxylic acids is 2. The van der Waals surface area contributed by atoms with Crippen LogP contribution in [0.1, 0.15) is 12.8 Å². The van der Waals surface area contributed by atoms with Gasteiger partial charge in [0.15, 0.2) is 0 Å². The number of nitrogens with two attached hydrogens (primary N) is 1. The molecule has 0 saturated carbocycles. The summed E-state index contributed by atoms with van der Waals surface area (Å²) in [5.41, 5.74) is 6.16. The first kappa shape index (κ1) is 16.5. The van der Waals surface area contributed by atoms with Crippen LogP contribution in [0.2, 0.25) is 0 Å². The number of aromatic nitrogens is 2. The zero-order valence-electron chi connectivity index (χ0n) is 11.5. The van der Waals surface area contributed by atoms with Gasteiger partial charge in [-0.2, -0.15) is 5.10 Å². The largest absolute Gasteiger partial charge is 0.332 e. The summed E-state index contributed by atoms with van der Waals surface area (Å²) in [5, 5.41) is 4.05. The van der Waals surface area contributed by atoms with Crippen LogP contribution >= 0.6 is 12.4 Å². The fourth-order valence-corrected chi connectivity index (χ4v) is 2.12. The summed E-state index contributed by atoms with van der Waals surface area (Å²) < 4.78 is 1.65. The van der Waals surface area contributed by atoms with Gasteiger partial charge in [-0.3, -0.25) is 14.3 Å². The summed E-state index contributed by atoms with van der Waals surface area (Å²) >= 11 is 0. The number of anilines is 1. The second kappa shape index (κ2) is 7.25. The number of halogens is 1. The van der Waals surface area contributed by atoms with Crippen molar-refractivity contribution in [3.8, 4) is 0 Å². The normalized spacial score (nSPS) is 15.2. The molecule has 20 heavy (non-hydrogen) atoms. The Hall–Kier alpha value is -1.60. The quantitative estimate of drug-likeness (QED) is 0.831. The Bertz CT molecular complexity index is 476. The number of hydrogen-bond acceptors (Lipinski definition) is 4. The average Bonchev–Trinajstić information content (AvgIpc) is 2.82. The van der Waals surface area contributed by atoms with Gasteiger partial charge < -0.3 is 15.5 Å². The molecular formula is C12H20ClN5O2. The van der Waals surface area contributed by atoms with Crippen molar-refractivity contribution in [2.24, 2.45) is 12.8 Å². The minimum Gasteiger partial charge on any atom is -0.332 e. The number of hydrogen-bond donors (Lipinski definition) is 1. The molecule has 0 aromatic carbocycles. The molecule has 2 heterocycles. The fraction of sp³-hybridized carbons (Fsp3) is 0.583. The highest BCUT2D eigenvalue weighted by molar-refractivity contribution is 5.97. The molecule has 0 aliphatic carbocycles. The van der Waals surface area contributed by atoms with Crippen molar-refractivity contribution in [3.05, 3.63) is 12.4 Å². The van der Waals surface area contributed by atoms with Crippen LogP contribution in [0.4, 0.5) is 5.69 Å². The standard InChI is InChI=1S/C12H19N5O2.ClH/c1-15-8-10(7-14-15)17-6-5-16(9-12(17)19)11(18)3-2-4-13;/h7-8H,2-6,9,13H2,1H3;1H. The van der Waals surface area contributed by atoms with E-state index in [0.29, 0.717) is 32.5 Å². The Kier molecular flexibility index (Phi) is 5.97. The number of piperazine rings is 1. The Morgan fingerprint density at radius 3 is 2.75 bits per heavy atom. The molecule has 2 N–H and O–H groups in total. The zero-order chi connectivity index (χ0) is 13.8. The molecule has 7 nitrogen and oxygen atoms in total. The summed E-state index contributed by atoms with van der Waals surface area (Å²) in [4.78, 5) is 27.2. The predicted molar refractivity (Wildman–Crippen MR) is 77.7 cm³/mol. The Balaban J connectivity index is 0.00000200. The van der Waals surface area contributed by atoms with E-state index < -0.39 is 0 Å². The summed E-state index contributed by atoms with van der Waals surface area (Å²) in [6.45, 7) is 1.70. The smallest absolute Gasteiger partial charge is 0.246 e. The third kappa shape index (κ3) is 3.71. The second-order valence-electron chi connectivity index (χ2n) is 4.63. The molecule has 2 rings (SSSR count). The van der Waals surface area contributed by atoms with E-state index >= 15 is 0 Å². The minimum atomic E-state index is -0.0691. The van der Waals surface area contributed by atoms with Crippen LogP contribution in [0, 0.1) is 0 Å². The summed E-state index contributed by atoms with van der Waals surface area (Å²) in [5.74, 6) is -0.0648. The highest BCUT2D eigenvalue weighted by Gasteiger charge is 2.28. The van der Waals surface area contributed by atoms with Gasteiger partial charge in [-0.05, 0) is 13.0 Å². The van der Waals surface area contributed by atoms with E-state index in [2.05, 4.69) is 5.10 Å². The predicted octanol–water partition coefficient (Wildman–Crippen LogP) is -0.244. The molecule has 1 aliphatic rings. The fourth-order valence-electron chi connectivity index (χ4n) is 2.12. The van der Waals surface area contributed by atoms with E-state index in [1.54, 1.807) is 33.9 Å². The average molecular weight is 302 g/mol. The lowest BCUT2D eigenvalue weighted by Crippen LogP contribution is -2.52. The van der Waals surface area contributed by atoms with Gasteiger partial charge in [-0.25, -0.2) is 0 Å². The van der Waals surface area contributed by atoms with E-state index in [0.717, 1.165) is 5.69 Å². The van der Waals surface area contributed by atoms with Gasteiger partial charge in [0.2, 0.25) is 11.8 Å². The maximum absolute atomic E-state index is 12.1. The van der Waals surface area contributed by atoms with E-state index in [4.69, 9.17) is 5.73 Å². The van der Waals surface area contributed by atoms with Crippen molar-refractivity contribution in [1.82, 2.24) is 14.7 Å². The minimum absolute atomic E-state index is 0. The van der Waals surface area contributed by atoms with Crippen molar-refractivity contribution in [3.63, 3.8) is 0 Å². The van der Waals surface area contributed by atoms with E-state index in [1.165, 1.54) is 0 Å². The molecular weight excluding hydrogens is 282 g/mol. The maximum Gasteiger partial charge on any atom is 0.246 e. The lowest BCUT2D eigenvalue weighted by molar-refractivity contribution is -0.136. The van der Waals surface area contributed by atoms with Crippen LogP contribution in [0.5, 0.6) is 0 Å². The first-order valence-electron chi connectivity index (χ1n) is 6.38. The summed E-state index contributed by atoms with van der Waals surface area (Å²) in [7, 11) is 1.81. The highest BCUT2D eigenvalue weighted by atomic mass is 35.5. The van der Waals surface area contributed by atoms with Crippen molar-refractivity contribution >= 4 is 29.9 Å². The molecule has 1 aromatic heterocycles. The molecule has 0 spiro atoms. The molecule has 0 radical (unpaired) electrons. The van der Waals surface area contributed by atoms with Crippen molar-refractivity contribution < 1.29 is 9.59 Å². The summed E-state index contributed by atoms with van der Waals surface area (Å²) in [6, 6.07) is 0. The number of amides is 2. The third-order valence-corrected chi connectivity index (χ3v) is 3.17. The second-order valence-corrected chi connectivity index (χ2v) is 4.63. The van der Waals surface area contributed by atoms with E-state index in [1.807, 2.05) is 0 Å². The van der Waals surface area contributed by atoms with Crippen LogP contribution in [-0.2, 0) is 16.6 Å². The maximum atomic E-state index is 12.1. The van der Waals surface area contributed by atoms with Crippen molar-refractivity contribution in [2.75, 3.05) is 31.1 Å². The Morgan fingerprint density at radius 1 is 1.45 bits per heavy atom. The van der Waals surface area contributed by atoms with E-state index in [9.17, 15) is 9.59 Å². The van der Waals surface area contributed by atoms with Gasteiger partial charge in [-0.15, -0.1) is 12.4 Å². The first-order chi connectivity index (χ1) is 9.11. The van der Waals surface area contributed by atoms with Gasteiger partial charge in [0.25, 0.3) is 0 Å².